The molecular formula is C22H27FN2O3. The van der Waals surface area contributed by atoms with Crippen LogP contribution in [-0.4, -0.2) is 44.2 Å². The van der Waals surface area contributed by atoms with Crippen LogP contribution in [0.15, 0.2) is 36.4 Å². The summed E-state index contributed by atoms with van der Waals surface area (Å²) in [5.41, 5.74) is 2.51. The number of halogens is 1. The van der Waals surface area contributed by atoms with Crippen molar-refractivity contribution in [1.29, 1.82) is 0 Å². The number of carbonyl (C=O) groups is 1. The van der Waals surface area contributed by atoms with E-state index in [1.807, 2.05) is 19.1 Å². The van der Waals surface area contributed by atoms with E-state index in [1.165, 1.54) is 12.1 Å². The summed E-state index contributed by atoms with van der Waals surface area (Å²) in [4.78, 5) is 15.0. The minimum absolute atomic E-state index is 0.117. The molecule has 1 heterocycles. The summed E-state index contributed by atoms with van der Waals surface area (Å²) >= 11 is 0. The van der Waals surface area contributed by atoms with Crippen molar-refractivity contribution in [3.63, 3.8) is 0 Å². The highest BCUT2D eigenvalue weighted by Gasteiger charge is 2.22. The highest BCUT2D eigenvalue weighted by molar-refractivity contribution is 5.95. The molecule has 1 fully saturated rings. The third-order valence-corrected chi connectivity index (χ3v) is 5.26. The van der Waals surface area contributed by atoms with E-state index in [4.69, 9.17) is 9.47 Å². The fourth-order valence-electron chi connectivity index (χ4n) is 3.57. The van der Waals surface area contributed by atoms with Crippen LogP contribution in [0.1, 0.15) is 34.3 Å². The summed E-state index contributed by atoms with van der Waals surface area (Å²) in [5, 5.41) is 3.12. The SMILES string of the molecule is COc1cc(C(=O)NC2CCN(Cc3ccc(F)cc3)CC2)cc(OC)c1C. The van der Waals surface area contributed by atoms with E-state index >= 15 is 0 Å². The molecule has 0 aliphatic carbocycles. The zero-order valence-electron chi connectivity index (χ0n) is 16.6. The molecule has 0 spiro atoms. The largest absolute Gasteiger partial charge is 0.496 e. The van der Waals surface area contributed by atoms with Gasteiger partial charge in [0.25, 0.3) is 5.91 Å². The van der Waals surface area contributed by atoms with Gasteiger partial charge in [-0.05, 0) is 49.6 Å². The molecule has 2 aromatic rings. The van der Waals surface area contributed by atoms with E-state index in [1.54, 1.807) is 26.4 Å². The molecule has 1 aliphatic heterocycles. The van der Waals surface area contributed by atoms with Crippen molar-refractivity contribution in [2.45, 2.75) is 32.4 Å². The molecule has 0 unspecified atom stereocenters. The first-order valence-electron chi connectivity index (χ1n) is 9.50. The van der Waals surface area contributed by atoms with Gasteiger partial charge in [-0.1, -0.05) is 12.1 Å². The maximum Gasteiger partial charge on any atom is 0.251 e. The number of hydrogen-bond acceptors (Lipinski definition) is 4. The molecule has 28 heavy (non-hydrogen) atoms. The molecular weight excluding hydrogens is 359 g/mol. The predicted molar refractivity (Wildman–Crippen MR) is 106 cm³/mol. The number of hydrogen-bond donors (Lipinski definition) is 1. The Morgan fingerprint density at radius 2 is 1.68 bits per heavy atom. The molecule has 1 aliphatic rings. The number of piperidine rings is 1. The third-order valence-electron chi connectivity index (χ3n) is 5.26. The molecule has 0 atom stereocenters. The second kappa shape index (κ2) is 9.06. The Labute approximate surface area is 165 Å². The van der Waals surface area contributed by atoms with Crippen molar-refractivity contribution < 1.29 is 18.7 Å². The zero-order chi connectivity index (χ0) is 20.1. The molecule has 1 saturated heterocycles. The lowest BCUT2D eigenvalue weighted by Crippen LogP contribution is -2.44. The van der Waals surface area contributed by atoms with Crippen LogP contribution in [0.5, 0.6) is 11.5 Å². The van der Waals surface area contributed by atoms with Gasteiger partial charge in [0.1, 0.15) is 17.3 Å². The van der Waals surface area contributed by atoms with Gasteiger partial charge in [0, 0.05) is 36.8 Å². The molecule has 5 nitrogen and oxygen atoms in total. The molecule has 0 radical (unpaired) electrons. The number of likely N-dealkylation sites (tertiary alicyclic amines) is 1. The summed E-state index contributed by atoms with van der Waals surface area (Å²) in [6, 6.07) is 10.3. The molecule has 1 amide bonds. The Kier molecular flexibility index (Phi) is 6.52. The molecule has 6 heteroatoms. The molecule has 2 aromatic carbocycles. The molecule has 3 rings (SSSR count). The monoisotopic (exact) mass is 386 g/mol. The van der Waals surface area contributed by atoms with Crippen molar-refractivity contribution in [2.75, 3.05) is 27.3 Å². The maximum absolute atomic E-state index is 13.0. The zero-order valence-corrected chi connectivity index (χ0v) is 16.6. The molecule has 0 aromatic heterocycles. The third kappa shape index (κ3) is 4.81. The Balaban J connectivity index is 1.55. The Bertz CT molecular complexity index is 790. The van der Waals surface area contributed by atoms with Crippen LogP contribution >= 0.6 is 0 Å². The van der Waals surface area contributed by atoms with Gasteiger partial charge in [0.2, 0.25) is 0 Å². The maximum atomic E-state index is 13.0. The van der Waals surface area contributed by atoms with Gasteiger partial charge >= 0.3 is 0 Å². The van der Waals surface area contributed by atoms with Gasteiger partial charge in [0.15, 0.2) is 0 Å². The number of rotatable bonds is 6. The van der Waals surface area contributed by atoms with Crippen LogP contribution in [-0.2, 0) is 6.54 Å². The van der Waals surface area contributed by atoms with E-state index in [-0.39, 0.29) is 17.8 Å². The molecule has 0 saturated carbocycles. The first-order valence-corrected chi connectivity index (χ1v) is 9.50. The van der Waals surface area contributed by atoms with Crippen LogP contribution in [0, 0.1) is 12.7 Å². The second-order valence-electron chi connectivity index (χ2n) is 7.16. The summed E-state index contributed by atoms with van der Waals surface area (Å²) in [7, 11) is 3.17. The lowest BCUT2D eigenvalue weighted by Gasteiger charge is -2.32. The number of nitrogens with one attached hydrogen (secondary N) is 1. The molecule has 1 N–H and O–H groups in total. The Hall–Kier alpha value is -2.60. The summed E-state index contributed by atoms with van der Waals surface area (Å²) in [5.74, 6) is 0.945. The second-order valence-corrected chi connectivity index (χ2v) is 7.16. The van der Waals surface area contributed by atoms with Crippen LogP contribution in [0.2, 0.25) is 0 Å². The lowest BCUT2D eigenvalue weighted by molar-refractivity contribution is 0.0908. The van der Waals surface area contributed by atoms with Gasteiger partial charge in [0.05, 0.1) is 14.2 Å². The van der Waals surface area contributed by atoms with Crippen molar-refractivity contribution in [1.82, 2.24) is 10.2 Å². The quantitative estimate of drug-likeness (QED) is 0.825. The number of carbonyl (C=O) groups excluding carboxylic acids is 1. The van der Waals surface area contributed by atoms with Gasteiger partial charge in [-0.2, -0.15) is 0 Å². The van der Waals surface area contributed by atoms with Crippen LogP contribution < -0.4 is 14.8 Å². The highest BCUT2D eigenvalue weighted by atomic mass is 19.1. The van der Waals surface area contributed by atoms with E-state index in [9.17, 15) is 9.18 Å². The Morgan fingerprint density at radius 1 is 1.11 bits per heavy atom. The van der Waals surface area contributed by atoms with E-state index in [0.717, 1.165) is 43.6 Å². The smallest absolute Gasteiger partial charge is 0.251 e. The van der Waals surface area contributed by atoms with Crippen molar-refractivity contribution in [2.24, 2.45) is 0 Å². The van der Waals surface area contributed by atoms with Crippen LogP contribution in [0.4, 0.5) is 4.39 Å². The summed E-state index contributed by atoms with van der Waals surface area (Å²) in [6.45, 7) is 4.48. The average Bonchev–Trinajstić information content (AvgIpc) is 2.71. The van der Waals surface area contributed by atoms with Crippen LogP contribution in [0.25, 0.3) is 0 Å². The standard InChI is InChI=1S/C22H27FN2O3/c1-15-20(27-2)12-17(13-21(15)28-3)22(26)24-19-8-10-25(11-9-19)14-16-4-6-18(23)7-5-16/h4-7,12-13,19H,8-11,14H2,1-3H3,(H,24,26). The summed E-state index contributed by atoms with van der Waals surface area (Å²) in [6.07, 6.45) is 1.76. The molecule has 0 bridgehead atoms. The number of amides is 1. The van der Waals surface area contributed by atoms with Crippen molar-refractivity contribution in [3.05, 3.63) is 58.9 Å². The number of benzene rings is 2. The fourth-order valence-corrected chi connectivity index (χ4v) is 3.57. The topological polar surface area (TPSA) is 50.8 Å². The van der Waals surface area contributed by atoms with E-state index in [2.05, 4.69) is 10.2 Å². The normalized spacial score (nSPS) is 15.3. The van der Waals surface area contributed by atoms with E-state index < -0.39 is 0 Å². The minimum atomic E-state index is -0.213. The number of nitrogens with zero attached hydrogens (tertiary/aromatic N) is 1. The van der Waals surface area contributed by atoms with E-state index in [0.29, 0.717) is 17.1 Å². The molecule has 150 valence electrons. The van der Waals surface area contributed by atoms with Gasteiger partial charge in [-0.25, -0.2) is 4.39 Å². The van der Waals surface area contributed by atoms with Crippen molar-refractivity contribution >= 4 is 5.91 Å². The lowest BCUT2D eigenvalue weighted by atomic mass is 10.0. The Morgan fingerprint density at radius 3 is 2.21 bits per heavy atom. The van der Waals surface area contributed by atoms with Gasteiger partial charge < -0.3 is 14.8 Å². The number of methoxy groups -OCH3 is 2. The summed E-state index contributed by atoms with van der Waals surface area (Å²) < 4.78 is 23.7. The average molecular weight is 386 g/mol. The fraction of sp³-hybridized carbons (Fsp3) is 0.409. The minimum Gasteiger partial charge on any atom is -0.496 e. The highest BCUT2D eigenvalue weighted by Crippen LogP contribution is 2.29. The number of ether oxygens (including phenoxy) is 2. The first-order chi connectivity index (χ1) is 13.5. The van der Waals surface area contributed by atoms with Crippen molar-refractivity contribution in [3.8, 4) is 11.5 Å². The van der Waals surface area contributed by atoms with Gasteiger partial charge in [-0.3, -0.25) is 9.69 Å². The first kappa shape index (κ1) is 20.1. The van der Waals surface area contributed by atoms with Gasteiger partial charge in [-0.15, -0.1) is 0 Å². The predicted octanol–water partition coefficient (Wildman–Crippen LogP) is 3.55. The van der Waals surface area contributed by atoms with Crippen LogP contribution in [0.3, 0.4) is 0 Å².